The Labute approximate surface area is 104 Å². The van der Waals surface area contributed by atoms with Crippen LogP contribution in [-0.4, -0.2) is 20.2 Å². The van der Waals surface area contributed by atoms with Gasteiger partial charge < -0.3 is 15.8 Å². The summed E-state index contributed by atoms with van der Waals surface area (Å²) in [5.74, 6) is 2.08. The van der Waals surface area contributed by atoms with Gasteiger partial charge in [-0.2, -0.15) is 0 Å². The average Bonchev–Trinajstić information content (AvgIpc) is 2.37. The Morgan fingerprint density at radius 3 is 2.71 bits per heavy atom. The summed E-state index contributed by atoms with van der Waals surface area (Å²) in [5.41, 5.74) is 6.90. The van der Waals surface area contributed by atoms with E-state index in [1.165, 1.54) is 5.56 Å². The van der Waals surface area contributed by atoms with Crippen molar-refractivity contribution < 1.29 is 4.74 Å². The molecule has 0 saturated heterocycles. The van der Waals surface area contributed by atoms with E-state index in [0.29, 0.717) is 11.8 Å². The number of hydrogen-bond acceptors (Lipinski definition) is 3. The number of methoxy groups -OCH3 is 1. The van der Waals surface area contributed by atoms with Crippen LogP contribution >= 0.6 is 0 Å². The molecule has 0 amide bonds. The minimum Gasteiger partial charge on any atom is -0.497 e. The lowest BCUT2D eigenvalue weighted by Crippen LogP contribution is -2.28. The van der Waals surface area contributed by atoms with Crippen molar-refractivity contribution >= 4 is 0 Å². The summed E-state index contributed by atoms with van der Waals surface area (Å²) in [7, 11) is 1.69. The molecular weight excluding hydrogens is 212 g/mol. The maximum absolute atomic E-state index is 5.65. The Hall–Kier alpha value is -1.06. The highest BCUT2D eigenvalue weighted by atomic mass is 16.5. The largest absolute Gasteiger partial charge is 0.497 e. The molecule has 0 radical (unpaired) electrons. The van der Waals surface area contributed by atoms with Crippen molar-refractivity contribution in [2.24, 2.45) is 17.6 Å². The van der Waals surface area contributed by atoms with Crippen LogP contribution in [0.5, 0.6) is 5.75 Å². The van der Waals surface area contributed by atoms with Gasteiger partial charge in [-0.3, -0.25) is 0 Å². The van der Waals surface area contributed by atoms with Crippen LogP contribution < -0.4 is 15.8 Å². The molecule has 2 unspecified atom stereocenters. The maximum Gasteiger partial charge on any atom is 0.119 e. The van der Waals surface area contributed by atoms with E-state index in [4.69, 9.17) is 10.5 Å². The number of rotatable bonds is 7. The third kappa shape index (κ3) is 4.75. The fourth-order valence-electron chi connectivity index (χ4n) is 1.66. The molecule has 0 aliphatic heterocycles. The first-order valence-corrected chi connectivity index (χ1v) is 6.21. The Bertz CT molecular complexity index is 328. The second-order valence-electron chi connectivity index (χ2n) is 4.67. The van der Waals surface area contributed by atoms with E-state index in [-0.39, 0.29) is 0 Å². The third-order valence-corrected chi connectivity index (χ3v) is 3.27. The monoisotopic (exact) mass is 236 g/mol. The minimum absolute atomic E-state index is 0.563. The van der Waals surface area contributed by atoms with Crippen LogP contribution in [0.15, 0.2) is 24.3 Å². The van der Waals surface area contributed by atoms with Gasteiger partial charge in [0.25, 0.3) is 0 Å². The lowest BCUT2D eigenvalue weighted by molar-refractivity contribution is 0.373. The Morgan fingerprint density at radius 1 is 1.29 bits per heavy atom. The van der Waals surface area contributed by atoms with Crippen LogP contribution in [0.4, 0.5) is 0 Å². The fraction of sp³-hybridized carbons (Fsp3) is 0.571. The van der Waals surface area contributed by atoms with Crippen LogP contribution in [0.3, 0.4) is 0 Å². The molecule has 2 atom stereocenters. The molecule has 3 nitrogen and oxygen atoms in total. The maximum atomic E-state index is 5.65. The van der Waals surface area contributed by atoms with Gasteiger partial charge in [0.05, 0.1) is 7.11 Å². The van der Waals surface area contributed by atoms with E-state index in [9.17, 15) is 0 Å². The molecule has 1 aromatic rings. The quantitative estimate of drug-likeness (QED) is 0.761. The molecule has 1 rings (SSSR count). The van der Waals surface area contributed by atoms with Gasteiger partial charge in [0.15, 0.2) is 0 Å². The van der Waals surface area contributed by atoms with Gasteiger partial charge in [-0.1, -0.05) is 26.0 Å². The highest BCUT2D eigenvalue weighted by Crippen LogP contribution is 2.13. The van der Waals surface area contributed by atoms with E-state index in [1.54, 1.807) is 7.11 Å². The summed E-state index contributed by atoms with van der Waals surface area (Å²) < 4.78 is 5.19. The predicted octanol–water partition coefficient (Wildman–Crippen LogP) is 2.02. The van der Waals surface area contributed by atoms with Crippen LogP contribution in [0.1, 0.15) is 19.4 Å². The van der Waals surface area contributed by atoms with Crippen molar-refractivity contribution in [3.05, 3.63) is 29.8 Å². The van der Waals surface area contributed by atoms with Gasteiger partial charge in [-0.15, -0.1) is 0 Å². The summed E-state index contributed by atoms with van der Waals surface area (Å²) in [6.07, 6.45) is 0. The number of nitrogens with one attached hydrogen (secondary N) is 1. The summed E-state index contributed by atoms with van der Waals surface area (Å²) >= 11 is 0. The van der Waals surface area contributed by atoms with Crippen molar-refractivity contribution in [2.45, 2.75) is 20.4 Å². The molecule has 0 aliphatic rings. The van der Waals surface area contributed by atoms with Gasteiger partial charge in [0.2, 0.25) is 0 Å². The van der Waals surface area contributed by atoms with Crippen LogP contribution in [0.25, 0.3) is 0 Å². The number of ether oxygens (including phenoxy) is 1. The number of hydrogen-bond donors (Lipinski definition) is 2. The highest BCUT2D eigenvalue weighted by molar-refractivity contribution is 5.28. The molecule has 0 fully saturated rings. The first kappa shape index (κ1) is 14.0. The molecule has 0 saturated carbocycles. The topological polar surface area (TPSA) is 47.3 Å². The first-order valence-electron chi connectivity index (χ1n) is 6.21. The van der Waals surface area contributed by atoms with Crippen molar-refractivity contribution in [3.8, 4) is 5.75 Å². The Balaban J connectivity index is 2.35. The zero-order valence-electron chi connectivity index (χ0n) is 11.1. The smallest absolute Gasteiger partial charge is 0.119 e. The van der Waals surface area contributed by atoms with Gasteiger partial charge in [0.1, 0.15) is 5.75 Å². The molecule has 0 bridgehead atoms. The van der Waals surface area contributed by atoms with Crippen LogP contribution in [0.2, 0.25) is 0 Å². The van der Waals surface area contributed by atoms with Crippen molar-refractivity contribution in [1.29, 1.82) is 0 Å². The molecule has 3 heteroatoms. The van der Waals surface area contributed by atoms with E-state index < -0.39 is 0 Å². The van der Waals surface area contributed by atoms with Gasteiger partial charge in [-0.25, -0.2) is 0 Å². The van der Waals surface area contributed by atoms with Gasteiger partial charge in [-0.05, 0) is 42.6 Å². The van der Waals surface area contributed by atoms with E-state index in [1.807, 2.05) is 12.1 Å². The molecule has 3 N–H and O–H groups in total. The SMILES string of the molecule is COc1cccc(CNCC(C)C(C)CN)c1. The molecule has 1 aromatic carbocycles. The van der Waals surface area contributed by atoms with E-state index in [2.05, 4.69) is 31.3 Å². The summed E-state index contributed by atoms with van der Waals surface area (Å²) in [4.78, 5) is 0. The molecular formula is C14H24N2O. The minimum atomic E-state index is 0.563. The van der Waals surface area contributed by atoms with Crippen LogP contribution in [-0.2, 0) is 6.54 Å². The molecule has 0 aliphatic carbocycles. The highest BCUT2D eigenvalue weighted by Gasteiger charge is 2.09. The second-order valence-corrected chi connectivity index (χ2v) is 4.67. The summed E-state index contributed by atoms with van der Waals surface area (Å²) in [5, 5.41) is 3.46. The third-order valence-electron chi connectivity index (χ3n) is 3.27. The second kappa shape index (κ2) is 7.30. The fourth-order valence-corrected chi connectivity index (χ4v) is 1.66. The summed E-state index contributed by atoms with van der Waals surface area (Å²) in [6.45, 7) is 7.05. The van der Waals surface area contributed by atoms with Gasteiger partial charge in [0, 0.05) is 6.54 Å². The lowest BCUT2D eigenvalue weighted by Gasteiger charge is -2.18. The molecule has 0 heterocycles. The standard InChI is InChI=1S/C14H24N2O/c1-11(8-15)12(2)9-16-10-13-5-4-6-14(7-13)17-3/h4-7,11-12,16H,8-10,15H2,1-3H3. The predicted molar refractivity (Wildman–Crippen MR) is 72.1 cm³/mol. The van der Waals surface area contributed by atoms with Crippen LogP contribution in [0, 0.1) is 11.8 Å². The number of benzene rings is 1. The zero-order chi connectivity index (χ0) is 12.7. The average molecular weight is 236 g/mol. The molecule has 17 heavy (non-hydrogen) atoms. The van der Waals surface area contributed by atoms with E-state index >= 15 is 0 Å². The van der Waals surface area contributed by atoms with E-state index in [0.717, 1.165) is 25.4 Å². The molecule has 0 aromatic heterocycles. The normalized spacial score (nSPS) is 14.4. The lowest BCUT2D eigenvalue weighted by atomic mass is 9.96. The first-order chi connectivity index (χ1) is 8.17. The van der Waals surface area contributed by atoms with Crippen molar-refractivity contribution in [2.75, 3.05) is 20.2 Å². The van der Waals surface area contributed by atoms with Crippen molar-refractivity contribution in [3.63, 3.8) is 0 Å². The molecule has 96 valence electrons. The molecule has 0 spiro atoms. The Kier molecular flexibility index (Phi) is 6.01. The zero-order valence-corrected chi connectivity index (χ0v) is 11.1. The van der Waals surface area contributed by atoms with Gasteiger partial charge >= 0.3 is 0 Å². The Morgan fingerprint density at radius 2 is 2.06 bits per heavy atom. The van der Waals surface area contributed by atoms with Crippen molar-refractivity contribution in [1.82, 2.24) is 5.32 Å². The number of nitrogens with two attached hydrogens (primary N) is 1. The summed E-state index contributed by atoms with van der Waals surface area (Å²) in [6, 6.07) is 8.14.